The fourth-order valence-corrected chi connectivity index (χ4v) is 16.6. The summed E-state index contributed by atoms with van der Waals surface area (Å²) in [6.45, 7) is 38.5. The summed E-state index contributed by atoms with van der Waals surface area (Å²) in [5, 5.41) is 15.5. The SMILES string of the molecule is Cc1cc(C(C)(C)c2cc(C)c(Oc3ccc4c(c3)C(=O)OC4=O)c(C)c2)cc(C)c1Oc1ccc2c(c1)C(=O)OC2=O.Cc1cc(C(C)(C)c2cc(C)c([O-])c(C)c2)cc(C)c1C.Cc1cccc(N2C(=O)c3ccc(Oc4ccc(C(C)(C)c5cc(C)c(Oc6ccc7c(c6)C(=O)N(C)C7=O)c(C)c5)cc4)cc3C2=O)c1.Nc1cccc(N)c1.O.O=C1OC(=O)c2cc(F)ccc21.[2H]CC(C)=O.[2H]OC[B].[F-].[Na+].[Na+]. The predicted molar refractivity (Wildman–Crippen MR) is 535 cm³/mol. The predicted octanol–water partition coefficient (Wildman–Crippen LogP) is 12.5. The maximum Gasteiger partial charge on any atom is 1.00 e. The van der Waals surface area contributed by atoms with Crippen LogP contribution in [0.5, 0.6) is 51.7 Å². The van der Waals surface area contributed by atoms with E-state index >= 15 is 0 Å². The average molecular weight is 1970 g/mol. The van der Waals surface area contributed by atoms with Gasteiger partial charge in [-0.25, -0.2) is 38.1 Å². The van der Waals surface area contributed by atoms with Gasteiger partial charge in [0.05, 0.1) is 61.3 Å². The maximum atomic E-state index is 13.3. The zero-order chi connectivity index (χ0) is 104. The Kier molecular flexibility index (Phi) is 36.6. The van der Waals surface area contributed by atoms with Crippen LogP contribution in [0.25, 0.3) is 0 Å². The molecule has 4 amide bonds. The van der Waals surface area contributed by atoms with Gasteiger partial charge in [0.15, 0.2) is 0 Å². The summed E-state index contributed by atoms with van der Waals surface area (Å²) in [6.07, 6.45) is 0. The van der Waals surface area contributed by atoms with Crippen molar-refractivity contribution in [1.29, 1.82) is 1.43 Å². The molecule has 13 aromatic rings. The number of imide groups is 2. The fourth-order valence-electron chi connectivity index (χ4n) is 16.6. The molecule has 0 aromatic heterocycles. The van der Waals surface area contributed by atoms with Crippen molar-refractivity contribution in [1.82, 2.24) is 4.90 Å². The smallest absolute Gasteiger partial charge is 1.00 e. The molecule has 5 aliphatic rings. The number of aryl methyl sites for hydroxylation is 11. The average Bonchev–Trinajstić information content (AvgIpc) is 1.63. The van der Waals surface area contributed by atoms with Crippen LogP contribution < -0.4 is 104 Å². The van der Waals surface area contributed by atoms with Crippen molar-refractivity contribution >= 4 is 90.1 Å². The van der Waals surface area contributed by atoms with Gasteiger partial charge >= 0.3 is 94.9 Å². The molecule has 30 heteroatoms. The van der Waals surface area contributed by atoms with Gasteiger partial charge in [-0.1, -0.05) is 144 Å². The first-order chi connectivity index (χ1) is 66.9. The number of aliphatic hydroxyl groups excluding tert-OH is 1. The molecule has 25 nitrogen and oxygen atoms in total. The van der Waals surface area contributed by atoms with Crippen LogP contribution in [0.2, 0.25) is 0 Å². The van der Waals surface area contributed by atoms with Gasteiger partial charge in [0.25, 0.3) is 23.6 Å². The second kappa shape index (κ2) is 47.3. The molecule has 7 N–H and O–H groups in total. The molecule has 2 radical (unpaired) electrons. The van der Waals surface area contributed by atoms with E-state index in [4.69, 9.17) is 33.2 Å². The molecular weight excluding hydrogens is 1860 g/mol. The Morgan fingerprint density at radius 1 is 0.389 bits per heavy atom. The van der Waals surface area contributed by atoms with Crippen molar-refractivity contribution in [3.63, 3.8) is 0 Å². The molecule has 0 spiro atoms. The summed E-state index contributed by atoms with van der Waals surface area (Å²) >= 11 is 0. The number of rotatable bonds is 16. The third-order valence-corrected chi connectivity index (χ3v) is 24.8. The minimum absolute atomic E-state index is 0. The summed E-state index contributed by atoms with van der Waals surface area (Å²) in [6, 6.07) is 66.2. The zero-order valence-corrected chi connectivity index (χ0v) is 88.3. The molecule has 5 aliphatic heterocycles. The number of ether oxygens (including phenoxy) is 7. The zero-order valence-electron chi connectivity index (χ0n) is 86.3. The number of anilines is 3. The molecule has 5 heterocycles. The van der Waals surface area contributed by atoms with Gasteiger partial charge in [0, 0.05) is 42.5 Å². The van der Waals surface area contributed by atoms with Crippen LogP contribution in [0.1, 0.15) is 260 Å². The summed E-state index contributed by atoms with van der Waals surface area (Å²) < 4.78 is 63.1. The van der Waals surface area contributed by atoms with Crippen molar-refractivity contribution in [3.8, 4) is 51.7 Å². The molecule has 18 rings (SSSR count). The standard InChI is InChI=1S/C41H34N2O6.C35H28O8.C20H26O.C8H3FO3.C6H8N2.C3H6O.CH3BO.FH.2Na.H2O/c1-23-8-7-9-28(18-23)43-39(46)33-17-14-30(21-35(33)40(43)47)48-29-12-10-26(11-13-29)41(4,5)27-19-24(2)36(25(3)20-27)49-31-15-16-32-34(22-31)38(45)42(6)37(32)44;1-17-11-21(12-18(2)29(17)40-23-7-9-25-27(15-23)33(38)42-31(25)36)35(5,6)22-13-19(3)30(20(4)14-22)41-24-8-10-26-28(16-24)34(39)43-32(26)37;1-12-8-17(9-13(2)16(12)5)20(6,7)18-10-14(3)19(21)15(4)11-18;9-4-1-2-5-6(3-4)8(11)12-7(5)10;7-5-2-1-3-6(8)4-5;1-3(2)4;2-1-3;;;;/h7-22H,1-6H3;7-16H,1-6H3;8-11,21H,1-7H3;1-3H;1-4H,7-8H2;1-2H3;3H,1H2;1H;;;1H2/q;;;;;;;;2*+1;/p-2/i;;;;;1D;3D;;;;. The van der Waals surface area contributed by atoms with E-state index in [2.05, 4.69) is 138 Å². The molecule has 0 atom stereocenters. The van der Waals surface area contributed by atoms with Gasteiger partial charge in [-0.3, -0.25) is 24.1 Å². The Labute approximate surface area is 883 Å². The van der Waals surface area contributed by atoms with Gasteiger partial charge in [-0.15, -0.1) is 5.75 Å². The number of nitrogen functional groups attached to an aromatic ring is 2. The Morgan fingerprint density at radius 3 is 1.04 bits per heavy atom. The van der Waals surface area contributed by atoms with Crippen molar-refractivity contribution in [2.45, 2.75) is 155 Å². The minimum atomic E-state index is -0.783. The molecule has 730 valence electrons. The van der Waals surface area contributed by atoms with Gasteiger partial charge in [0.1, 0.15) is 65.4 Å². The second-order valence-electron chi connectivity index (χ2n) is 36.3. The third-order valence-electron chi connectivity index (χ3n) is 24.8. The first-order valence-corrected chi connectivity index (χ1v) is 44.6. The number of fused-ring (bicyclic) bond motifs is 5. The number of hydrogen-bond donors (Lipinski definition) is 3. The van der Waals surface area contributed by atoms with Gasteiger partial charge < -0.3 is 69.8 Å². The van der Waals surface area contributed by atoms with Crippen LogP contribution >= 0.6 is 0 Å². The van der Waals surface area contributed by atoms with E-state index in [1.807, 2.05) is 123 Å². The number of cyclic esters (lactones) is 6. The van der Waals surface area contributed by atoms with Gasteiger partial charge in [-0.05, 0) is 319 Å². The van der Waals surface area contributed by atoms with Gasteiger partial charge in [0.2, 0.25) is 1.43 Å². The van der Waals surface area contributed by atoms with Crippen LogP contribution in [0.3, 0.4) is 0 Å². The number of carbonyl (C=O) groups is 11. The maximum absolute atomic E-state index is 13.3. The Hall–Kier alpha value is -14.3. The third kappa shape index (κ3) is 25.3. The minimum Gasteiger partial charge on any atom is -1.00 e. The molecule has 0 aliphatic carbocycles. The molecule has 0 saturated heterocycles. The van der Waals surface area contributed by atoms with Crippen LogP contribution in [0.4, 0.5) is 21.5 Å². The molecule has 13 aromatic carbocycles. The topological polar surface area (TPSA) is 386 Å². The van der Waals surface area contributed by atoms with E-state index in [0.29, 0.717) is 85.3 Å². The Balaban J connectivity index is 0.000000240. The largest absolute Gasteiger partial charge is 1.00 e. The Morgan fingerprint density at radius 2 is 0.681 bits per heavy atom. The van der Waals surface area contributed by atoms with E-state index in [1.54, 1.807) is 72.8 Å². The second-order valence-corrected chi connectivity index (χ2v) is 36.3. The van der Waals surface area contributed by atoms with E-state index in [-0.39, 0.29) is 167 Å². The number of amides is 4. The van der Waals surface area contributed by atoms with E-state index in [0.717, 1.165) is 89.4 Å². The number of aliphatic hydroxyl groups is 1. The fraction of sp³-hybridized carbons (Fsp3) is 0.219. The number of nitrogens with zero attached hydrogens (tertiary/aromatic N) is 2. The molecule has 0 unspecified atom stereocenters. The first-order valence-electron chi connectivity index (χ1n) is 45.7. The van der Waals surface area contributed by atoms with Crippen molar-refractivity contribution in [3.05, 3.63) is 386 Å². The number of Topliss-reactive ketones (excluding diaryl/α,β-unsaturated/α-hetero) is 1. The number of nitrogens with two attached hydrogens (primary N) is 2. The molecule has 0 bridgehead atoms. The van der Waals surface area contributed by atoms with Crippen molar-refractivity contribution < 1.29 is 171 Å². The van der Waals surface area contributed by atoms with E-state index in [9.17, 15) is 62.2 Å². The number of hydrogen-bond acceptors (Lipinski definition) is 22. The van der Waals surface area contributed by atoms with E-state index in [1.165, 1.54) is 77.0 Å². The Bertz CT molecular complexity index is 7000. The molecule has 0 fully saturated rings. The molecule has 0 saturated carbocycles. The number of ketones is 1. The van der Waals surface area contributed by atoms with Crippen molar-refractivity contribution in [2.75, 3.05) is 29.9 Å². The van der Waals surface area contributed by atoms with Crippen molar-refractivity contribution in [2.24, 2.45) is 0 Å². The normalized spacial score (nSPS) is 12.8. The van der Waals surface area contributed by atoms with E-state index < -0.39 is 41.6 Å². The summed E-state index contributed by atoms with van der Waals surface area (Å²) in [5.74, 6) is -1.50. The summed E-state index contributed by atoms with van der Waals surface area (Å²) in [4.78, 5) is 132. The number of halogens is 2. The van der Waals surface area contributed by atoms with Crippen LogP contribution in [-0.4, -0.2) is 104 Å². The van der Waals surface area contributed by atoms with Crippen LogP contribution in [0.15, 0.2) is 224 Å². The van der Waals surface area contributed by atoms with Crippen LogP contribution in [0, 0.1) is 88.9 Å². The number of carbonyl (C=O) groups excluding carboxylic acids is 11. The monoisotopic (exact) mass is 1970 g/mol. The molecule has 144 heavy (non-hydrogen) atoms. The summed E-state index contributed by atoms with van der Waals surface area (Å²) in [7, 11) is 6.09. The molecular formula is C114H109BF2N4Na2O21. The number of benzene rings is 13. The number of esters is 6. The first kappa shape index (κ1) is 112. The quantitative estimate of drug-likeness (QED) is 0.0202. The van der Waals surface area contributed by atoms with Gasteiger partial charge in [-0.2, -0.15) is 0 Å². The summed E-state index contributed by atoms with van der Waals surface area (Å²) in [5.41, 5.74) is 33.3. The van der Waals surface area contributed by atoms with Crippen LogP contribution in [-0.2, 0) is 35.3 Å².